The van der Waals surface area contributed by atoms with Gasteiger partial charge in [-0.1, -0.05) is 91.0 Å². The average Bonchev–Trinajstić information content (AvgIpc) is 3.25. The molecule has 0 saturated carbocycles. The number of cyclic esters (lactones) is 1. The van der Waals surface area contributed by atoms with Gasteiger partial charge >= 0.3 is 5.97 Å². The van der Waals surface area contributed by atoms with Crippen molar-refractivity contribution in [2.75, 3.05) is 0 Å². The first-order valence-corrected chi connectivity index (χ1v) is 11.6. The van der Waals surface area contributed by atoms with E-state index in [1.165, 1.54) is 0 Å². The van der Waals surface area contributed by atoms with Crippen molar-refractivity contribution in [2.24, 2.45) is 0 Å². The van der Waals surface area contributed by atoms with Gasteiger partial charge in [0.1, 0.15) is 18.4 Å². The van der Waals surface area contributed by atoms with E-state index >= 15 is 0 Å². The van der Waals surface area contributed by atoms with E-state index in [-0.39, 0.29) is 5.91 Å². The molecule has 0 bridgehead atoms. The Hall–Kier alpha value is -4.38. The number of hydrogen-bond donors (Lipinski definition) is 0. The molecule has 5 nitrogen and oxygen atoms in total. The number of carbonyl (C=O) groups is 2. The summed E-state index contributed by atoms with van der Waals surface area (Å²) in [6.07, 6.45) is -0.422. The topological polar surface area (TPSA) is 55.8 Å². The van der Waals surface area contributed by atoms with Crippen LogP contribution in [-0.4, -0.2) is 22.8 Å². The lowest BCUT2D eigenvalue weighted by Crippen LogP contribution is -2.40. The second kappa shape index (κ2) is 10.3. The molecule has 0 aliphatic carbocycles. The molecule has 174 valence electrons. The maximum atomic E-state index is 13.5. The minimum absolute atomic E-state index is 0.238. The van der Waals surface area contributed by atoms with Gasteiger partial charge in [0.2, 0.25) is 6.23 Å². The number of benzene rings is 4. The summed E-state index contributed by atoms with van der Waals surface area (Å²) < 4.78 is 11.6. The summed E-state index contributed by atoms with van der Waals surface area (Å²) in [6, 6.07) is 35.2. The van der Waals surface area contributed by atoms with E-state index in [4.69, 9.17) is 9.47 Å². The molecule has 0 aromatic heterocycles. The van der Waals surface area contributed by atoms with Gasteiger partial charge in [-0.05, 0) is 35.4 Å². The van der Waals surface area contributed by atoms with Crippen LogP contribution in [-0.2, 0) is 22.6 Å². The maximum Gasteiger partial charge on any atom is 0.331 e. The molecule has 0 N–H and O–H groups in total. The van der Waals surface area contributed by atoms with Gasteiger partial charge in [0.25, 0.3) is 5.91 Å². The Bertz CT molecular complexity index is 1270. The van der Waals surface area contributed by atoms with E-state index in [1.54, 1.807) is 17.0 Å². The number of rotatable bonds is 7. The molecule has 0 radical (unpaired) electrons. The number of esters is 1. The van der Waals surface area contributed by atoms with E-state index in [0.717, 1.165) is 22.4 Å². The Morgan fingerprint density at radius 2 is 1.34 bits per heavy atom. The van der Waals surface area contributed by atoms with Gasteiger partial charge in [-0.25, -0.2) is 4.79 Å². The zero-order valence-electron chi connectivity index (χ0n) is 19.1. The average molecular weight is 464 g/mol. The molecule has 1 heterocycles. The molecular weight excluding hydrogens is 438 g/mol. The fourth-order valence-corrected chi connectivity index (χ4v) is 4.21. The van der Waals surface area contributed by atoms with E-state index in [2.05, 4.69) is 0 Å². The minimum Gasteiger partial charge on any atom is -0.489 e. The third-order valence-corrected chi connectivity index (χ3v) is 6.03. The highest BCUT2D eigenvalue weighted by molar-refractivity contribution is 5.98. The molecule has 1 amide bonds. The smallest absolute Gasteiger partial charge is 0.331 e. The number of nitrogens with zero attached hydrogens (tertiary/aromatic N) is 1. The van der Waals surface area contributed by atoms with Gasteiger partial charge in [-0.3, -0.25) is 9.69 Å². The number of hydrogen-bond acceptors (Lipinski definition) is 4. The third kappa shape index (κ3) is 5.09. The van der Waals surface area contributed by atoms with Gasteiger partial charge in [-0.2, -0.15) is 0 Å². The van der Waals surface area contributed by atoms with Crippen molar-refractivity contribution in [1.29, 1.82) is 0 Å². The van der Waals surface area contributed by atoms with Crippen LogP contribution < -0.4 is 4.74 Å². The highest BCUT2D eigenvalue weighted by Crippen LogP contribution is 2.34. The van der Waals surface area contributed by atoms with Crippen LogP contribution in [0.1, 0.15) is 33.3 Å². The number of ether oxygens (including phenoxy) is 2. The lowest BCUT2D eigenvalue weighted by atomic mass is 10.0. The Morgan fingerprint density at radius 1 is 0.743 bits per heavy atom. The molecule has 1 aliphatic heterocycles. The van der Waals surface area contributed by atoms with E-state index in [1.807, 2.05) is 103 Å². The van der Waals surface area contributed by atoms with Crippen molar-refractivity contribution >= 4 is 11.9 Å². The SMILES string of the molecule is O=C1O[C@@H](c2ccccc2)N(C(=O)c2ccccc2)[C@H]1Cc1ccc(OCc2ccccc2)cc1. The van der Waals surface area contributed by atoms with Crippen LogP contribution in [0.3, 0.4) is 0 Å². The zero-order valence-corrected chi connectivity index (χ0v) is 19.1. The van der Waals surface area contributed by atoms with Gasteiger partial charge in [-0.15, -0.1) is 0 Å². The maximum absolute atomic E-state index is 13.5. The molecule has 35 heavy (non-hydrogen) atoms. The zero-order chi connectivity index (χ0) is 24.0. The first-order valence-electron chi connectivity index (χ1n) is 11.6. The van der Waals surface area contributed by atoms with Crippen LogP contribution in [0.5, 0.6) is 5.75 Å². The molecule has 0 unspecified atom stereocenters. The lowest BCUT2D eigenvalue weighted by Gasteiger charge is -2.26. The molecule has 5 heteroatoms. The Kier molecular flexibility index (Phi) is 6.57. The highest BCUT2D eigenvalue weighted by atomic mass is 16.6. The molecule has 2 atom stereocenters. The molecule has 1 fully saturated rings. The summed E-state index contributed by atoms with van der Waals surface area (Å²) in [6.45, 7) is 0.479. The van der Waals surface area contributed by atoms with Crippen molar-refractivity contribution < 1.29 is 19.1 Å². The summed E-state index contributed by atoms with van der Waals surface area (Å²) in [5, 5.41) is 0. The summed E-state index contributed by atoms with van der Waals surface area (Å²) in [4.78, 5) is 28.1. The van der Waals surface area contributed by atoms with Crippen LogP contribution in [0.4, 0.5) is 0 Å². The summed E-state index contributed by atoms with van der Waals surface area (Å²) in [7, 11) is 0. The molecule has 0 spiro atoms. The monoisotopic (exact) mass is 463 g/mol. The number of carbonyl (C=O) groups excluding carboxylic acids is 2. The third-order valence-electron chi connectivity index (χ3n) is 6.03. The Labute approximate surface area is 204 Å². The second-order valence-corrected chi connectivity index (χ2v) is 8.42. The van der Waals surface area contributed by atoms with Crippen LogP contribution in [0, 0.1) is 0 Å². The van der Waals surface area contributed by atoms with Crippen molar-refractivity contribution in [3.63, 3.8) is 0 Å². The van der Waals surface area contributed by atoms with Gasteiger partial charge in [0, 0.05) is 17.5 Å². The van der Waals surface area contributed by atoms with Gasteiger partial charge in [0.05, 0.1) is 0 Å². The van der Waals surface area contributed by atoms with E-state index in [0.29, 0.717) is 18.6 Å². The Morgan fingerprint density at radius 3 is 2.00 bits per heavy atom. The van der Waals surface area contributed by atoms with Crippen LogP contribution in [0.15, 0.2) is 115 Å². The molecular formula is C30H25NO4. The number of amides is 1. The van der Waals surface area contributed by atoms with Crippen LogP contribution in [0.2, 0.25) is 0 Å². The molecule has 1 aliphatic rings. The van der Waals surface area contributed by atoms with Gasteiger partial charge < -0.3 is 9.47 Å². The summed E-state index contributed by atoms with van der Waals surface area (Å²) in [5.41, 5.74) is 3.28. The lowest BCUT2D eigenvalue weighted by molar-refractivity contribution is -0.142. The summed E-state index contributed by atoms with van der Waals surface area (Å²) >= 11 is 0. The first kappa shape index (κ1) is 22.4. The minimum atomic E-state index is -0.769. The predicted octanol–water partition coefficient (Wildman–Crippen LogP) is 5.57. The molecule has 1 saturated heterocycles. The van der Waals surface area contributed by atoms with E-state index in [9.17, 15) is 9.59 Å². The summed E-state index contributed by atoms with van der Waals surface area (Å²) in [5.74, 6) is 0.0941. The standard InChI is InChI=1S/C30H25NO4/c32-28(24-12-6-2-7-13-24)31-27(30(33)35-29(31)25-14-8-3-9-15-25)20-22-16-18-26(19-17-22)34-21-23-10-4-1-5-11-23/h1-19,27,29H,20-21H2/t27-,29-/m0/s1. The molecule has 4 aromatic carbocycles. The predicted molar refractivity (Wildman–Crippen MR) is 133 cm³/mol. The van der Waals surface area contributed by atoms with Crippen molar-refractivity contribution in [1.82, 2.24) is 4.90 Å². The normalized spacial score (nSPS) is 17.1. The van der Waals surface area contributed by atoms with E-state index < -0.39 is 18.2 Å². The molecule has 5 rings (SSSR count). The second-order valence-electron chi connectivity index (χ2n) is 8.42. The molecule has 4 aromatic rings. The van der Waals surface area contributed by atoms with Crippen molar-refractivity contribution in [3.8, 4) is 5.75 Å². The quantitative estimate of drug-likeness (QED) is 0.336. The van der Waals surface area contributed by atoms with Crippen molar-refractivity contribution in [2.45, 2.75) is 25.3 Å². The van der Waals surface area contributed by atoms with Crippen LogP contribution in [0.25, 0.3) is 0 Å². The highest BCUT2D eigenvalue weighted by Gasteiger charge is 2.45. The van der Waals surface area contributed by atoms with Crippen LogP contribution >= 0.6 is 0 Å². The van der Waals surface area contributed by atoms with Crippen molar-refractivity contribution in [3.05, 3.63) is 138 Å². The Balaban J connectivity index is 1.36. The fourth-order valence-electron chi connectivity index (χ4n) is 4.21. The van der Waals surface area contributed by atoms with Gasteiger partial charge in [0.15, 0.2) is 0 Å². The fraction of sp³-hybridized carbons (Fsp3) is 0.133. The largest absolute Gasteiger partial charge is 0.489 e. The first-order chi connectivity index (χ1) is 17.2.